The Morgan fingerprint density at radius 1 is 0.920 bits per heavy atom. The van der Waals surface area contributed by atoms with Gasteiger partial charge in [0, 0.05) is 35.5 Å². The van der Waals surface area contributed by atoms with Gasteiger partial charge >= 0.3 is 0 Å². The summed E-state index contributed by atoms with van der Waals surface area (Å²) in [6, 6.07) is 16.5. The quantitative estimate of drug-likeness (QED) is 0.702. The van der Waals surface area contributed by atoms with Crippen molar-refractivity contribution in [3.8, 4) is 0 Å². The van der Waals surface area contributed by atoms with Crippen LogP contribution in [0.3, 0.4) is 0 Å². The van der Waals surface area contributed by atoms with Crippen LogP contribution in [0.25, 0.3) is 0 Å². The number of ketones is 1. The molecular weight excluding hydrogens is 348 g/mol. The molecule has 5 heteroatoms. The number of nitrogens with zero attached hydrogens (tertiary/aromatic N) is 2. The van der Waals surface area contributed by atoms with Crippen molar-refractivity contribution in [2.75, 3.05) is 23.4 Å². The number of allylic oxidation sites excluding steroid dienone is 2. The predicted molar refractivity (Wildman–Crippen MR) is 107 cm³/mol. The molecule has 0 radical (unpaired) electrons. The Labute approximate surface area is 156 Å². The number of carbonyl (C=O) groups excluding carboxylic acids is 1. The fourth-order valence-corrected chi connectivity index (χ4v) is 5.28. The van der Waals surface area contributed by atoms with Gasteiger partial charge in [-0.15, -0.1) is 0 Å². The molecule has 2 aromatic rings. The second-order valence-electron chi connectivity index (χ2n) is 5.81. The summed E-state index contributed by atoms with van der Waals surface area (Å²) in [5.74, 6) is 0.0240. The Hall–Kier alpha value is -2.11. The maximum absolute atomic E-state index is 12.6. The standard InChI is InChI=1S/C20H18N2OS2/c1-3-22-16-9-5-7-11-18(16)25-20(22)13-14(23)12-19-21(2)15-8-4-6-10-17(15)24-19/h4-13H,3H2,1-2H3/b19-12+,20-13+. The Balaban J connectivity index is 1.58. The molecule has 25 heavy (non-hydrogen) atoms. The van der Waals surface area contributed by atoms with Crippen LogP contribution >= 0.6 is 23.5 Å². The van der Waals surface area contributed by atoms with Crippen LogP contribution in [0.1, 0.15) is 6.92 Å². The highest BCUT2D eigenvalue weighted by molar-refractivity contribution is 8.04. The third-order valence-electron chi connectivity index (χ3n) is 4.26. The highest BCUT2D eigenvalue weighted by Crippen LogP contribution is 2.46. The van der Waals surface area contributed by atoms with E-state index in [4.69, 9.17) is 0 Å². The molecule has 3 nitrogen and oxygen atoms in total. The van der Waals surface area contributed by atoms with Gasteiger partial charge in [0.05, 0.1) is 21.4 Å². The van der Waals surface area contributed by atoms with Gasteiger partial charge in [0.2, 0.25) is 0 Å². The van der Waals surface area contributed by atoms with Crippen LogP contribution in [0.5, 0.6) is 0 Å². The fourth-order valence-electron chi connectivity index (χ4n) is 3.02. The highest BCUT2D eigenvalue weighted by Gasteiger charge is 2.25. The van der Waals surface area contributed by atoms with Crippen LogP contribution in [0.2, 0.25) is 0 Å². The van der Waals surface area contributed by atoms with Crippen LogP contribution in [-0.4, -0.2) is 19.4 Å². The van der Waals surface area contributed by atoms with Crippen LogP contribution in [-0.2, 0) is 4.79 Å². The normalized spacial score (nSPS) is 18.8. The molecule has 0 bridgehead atoms. The molecule has 2 aliphatic rings. The lowest BCUT2D eigenvalue weighted by Gasteiger charge is -2.17. The van der Waals surface area contributed by atoms with Crippen molar-refractivity contribution in [2.24, 2.45) is 0 Å². The molecule has 0 saturated heterocycles. The summed E-state index contributed by atoms with van der Waals surface area (Å²) in [4.78, 5) is 19.3. The molecule has 2 aromatic carbocycles. The Morgan fingerprint density at radius 2 is 1.48 bits per heavy atom. The largest absolute Gasteiger partial charge is 0.338 e. The first kappa shape index (κ1) is 16.4. The lowest BCUT2D eigenvalue weighted by Crippen LogP contribution is -2.17. The van der Waals surface area contributed by atoms with E-state index in [2.05, 4.69) is 41.0 Å². The molecule has 0 spiro atoms. The molecule has 0 fully saturated rings. The summed E-state index contributed by atoms with van der Waals surface area (Å²) in [5.41, 5.74) is 2.33. The molecular formula is C20H18N2OS2. The molecule has 2 heterocycles. The summed E-state index contributed by atoms with van der Waals surface area (Å²) in [5, 5.41) is 1.96. The van der Waals surface area contributed by atoms with Crippen molar-refractivity contribution >= 4 is 40.7 Å². The number of para-hydroxylation sites is 2. The van der Waals surface area contributed by atoms with Gasteiger partial charge in [0.1, 0.15) is 0 Å². The van der Waals surface area contributed by atoms with E-state index < -0.39 is 0 Å². The molecule has 0 unspecified atom stereocenters. The number of hydrogen-bond donors (Lipinski definition) is 0. The number of thioether (sulfide) groups is 2. The van der Waals surface area contributed by atoms with Gasteiger partial charge in [-0.3, -0.25) is 4.79 Å². The Bertz CT molecular complexity index is 904. The van der Waals surface area contributed by atoms with Crippen LogP contribution in [0.4, 0.5) is 11.4 Å². The number of fused-ring (bicyclic) bond motifs is 2. The van der Waals surface area contributed by atoms with Crippen molar-refractivity contribution in [3.05, 3.63) is 70.7 Å². The zero-order valence-corrected chi connectivity index (χ0v) is 15.7. The van der Waals surface area contributed by atoms with E-state index in [9.17, 15) is 4.79 Å². The van der Waals surface area contributed by atoms with E-state index in [1.165, 1.54) is 15.5 Å². The average molecular weight is 367 g/mol. The number of hydrogen-bond acceptors (Lipinski definition) is 5. The molecule has 4 rings (SSSR count). The molecule has 0 amide bonds. The van der Waals surface area contributed by atoms with E-state index in [1.54, 1.807) is 35.7 Å². The minimum Gasteiger partial charge on any atom is -0.338 e. The fraction of sp³-hybridized carbons (Fsp3) is 0.150. The first-order valence-corrected chi connectivity index (χ1v) is 9.83. The summed E-state index contributed by atoms with van der Waals surface area (Å²) in [6.07, 6.45) is 3.48. The van der Waals surface area contributed by atoms with Gasteiger partial charge in [-0.05, 0) is 31.2 Å². The molecule has 0 saturated carbocycles. The van der Waals surface area contributed by atoms with Gasteiger partial charge in [0.15, 0.2) is 5.78 Å². The maximum Gasteiger partial charge on any atom is 0.183 e. The summed E-state index contributed by atoms with van der Waals surface area (Å²) in [6.45, 7) is 2.95. The third kappa shape index (κ3) is 2.98. The summed E-state index contributed by atoms with van der Waals surface area (Å²) < 4.78 is 0. The van der Waals surface area contributed by atoms with E-state index in [0.717, 1.165) is 22.3 Å². The topological polar surface area (TPSA) is 23.6 Å². The van der Waals surface area contributed by atoms with Gasteiger partial charge in [0.25, 0.3) is 0 Å². The van der Waals surface area contributed by atoms with Crippen LogP contribution < -0.4 is 9.80 Å². The second kappa shape index (κ2) is 6.65. The molecule has 0 aromatic heterocycles. The lowest BCUT2D eigenvalue weighted by molar-refractivity contribution is -0.110. The minimum absolute atomic E-state index is 0.0240. The van der Waals surface area contributed by atoms with Gasteiger partial charge in [-0.2, -0.15) is 0 Å². The van der Waals surface area contributed by atoms with Gasteiger partial charge in [-0.1, -0.05) is 47.8 Å². The van der Waals surface area contributed by atoms with E-state index >= 15 is 0 Å². The van der Waals surface area contributed by atoms with Gasteiger partial charge in [-0.25, -0.2) is 0 Å². The molecule has 0 N–H and O–H groups in total. The molecule has 126 valence electrons. The zero-order valence-electron chi connectivity index (χ0n) is 14.1. The zero-order chi connectivity index (χ0) is 17.4. The molecule has 0 atom stereocenters. The van der Waals surface area contributed by atoms with E-state index in [-0.39, 0.29) is 5.78 Å². The number of carbonyl (C=O) groups is 1. The smallest absolute Gasteiger partial charge is 0.183 e. The van der Waals surface area contributed by atoms with Crippen molar-refractivity contribution in [1.82, 2.24) is 0 Å². The predicted octanol–water partition coefficient (Wildman–Crippen LogP) is 5.11. The SMILES string of the molecule is CCN1/C(=C\C(=O)/C=C2/Sc3ccccc3N2C)Sc2ccccc21. The van der Waals surface area contributed by atoms with Gasteiger partial charge < -0.3 is 9.80 Å². The van der Waals surface area contributed by atoms with Crippen molar-refractivity contribution in [3.63, 3.8) is 0 Å². The monoisotopic (exact) mass is 366 g/mol. The van der Waals surface area contributed by atoms with E-state index in [1.807, 2.05) is 31.3 Å². The highest BCUT2D eigenvalue weighted by atomic mass is 32.2. The van der Waals surface area contributed by atoms with Crippen molar-refractivity contribution in [2.45, 2.75) is 16.7 Å². The third-order valence-corrected chi connectivity index (χ3v) is 6.53. The van der Waals surface area contributed by atoms with Crippen LogP contribution in [0.15, 0.2) is 80.5 Å². The van der Waals surface area contributed by atoms with Crippen molar-refractivity contribution < 1.29 is 4.79 Å². The molecule has 0 aliphatic carbocycles. The van der Waals surface area contributed by atoms with E-state index in [0.29, 0.717) is 0 Å². The first-order chi connectivity index (χ1) is 12.2. The second-order valence-corrected chi connectivity index (χ2v) is 7.93. The first-order valence-electron chi connectivity index (χ1n) is 8.19. The van der Waals surface area contributed by atoms with Crippen molar-refractivity contribution in [1.29, 1.82) is 0 Å². The Morgan fingerprint density at radius 3 is 2.16 bits per heavy atom. The Kier molecular flexibility index (Phi) is 4.36. The summed E-state index contributed by atoms with van der Waals surface area (Å²) >= 11 is 3.30. The number of anilines is 2. The molecule has 2 aliphatic heterocycles. The average Bonchev–Trinajstić information content (AvgIpc) is 3.12. The minimum atomic E-state index is 0.0240. The number of benzene rings is 2. The summed E-state index contributed by atoms with van der Waals surface area (Å²) in [7, 11) is 2.00. The van der Waals surface area contributed by atoms with Crippen LogP contribution in [0, 0.1) is 0 Å². The number of rotatable bonds is 3. The maximum atomic E-state index is 12.6. The lowest BCUT2D eigenvalue weighted by atomic mass is 10.3.